The molecule has 0 saturated carbocycles. The van der Waals surface area contributed by atoms with Crippen molar-refractivity contribution in [3.8, 4) is 0 Å². The summed E-state index contributed by atoms with van der Waals surface area (Å²) in [6.07, 6.45) is 1.24. The van der Waals surface area contributed by atoms with Crippen LogP contribution in [-0.2, 0) is 0 Å². The molecule has 1 atom stereocenters. The predicted molar refractivity (Wildman–Crippen MR) is 57.7 cm³/mol. The summed E-state index contributed by atoms with van der Waals surface area (Å²) in [5.74, 6) is 0. The zero-order valence-electron chi connectivity index (χ0n) is 9.65. The maximum absolute atomic E-state index is 3.21. The van der Waals surface area contributed by atoms with E-state index >= 15 is 0 Å². The van der Waals surface area contributed by atoms with Gasteiger partial charge in [0.2, 0.25) is 0 Å². The summed E-state index contributed by atoms with van der Waals surface area (Å²) >= 11 is 0. The third kappa shape index (κ3) is 9.92. The van der Waals surface area contributed by atoms with E-state index in [9.17, 15) is 0 Å². The first kappa shape index (κ1) is 14.4. The second-order valence-electron chi connectivity index (χ2n) is 2.95. The molecule has 0 spiro atoms. The van der Waals surface area contributed by atoms with E-state index in [1.807, 2.05) is 20.9 Å². The summed E-state index contributed by atoms with van der Waals surface area (Å²) in [6.45, 7) is 10.8. The monoisotopic (exact) mass is 174 g/mol. The minimum atomic E-state index is 0.608. The second-order valence-corrected chi connectivity index (χ2v) is 2.95. The van der Waals surface area contributed by atoms with Crippen LogP contribution in [0.15, 0.2) is 0 Å². The molecule has 12 heavy (non-hydrogen) atoms. The lowest BCUT2D eigenvalue weighted by Crippen LogP contribution is -2.35. The van der Waals surface area contributed by atoms with Crippen LogP contribution in [0.2, 0.25) is 0 Å². The Hall–Kier alpha value is -0.0800. The van der Waals surface area contributed by atoms with Gasteiger partial charge in [-0.05, 0) is 34.0 Å². The number of nitrogens with zero attached hydrogens (tertiary/aromatic N) is 1. The van der Waals surface area contributed by atoms with E-state index in [1.165, 1.54) is 13.0 Å². The zero-order chi connectivity index (χ0) is 9.98. The highest BCUT2D eigenvalue weighted by Gasteiger charge is 2.01. The Labute approximate surface area is 78.3 Å². The van der Waals surface area contributed by atoms with Crippen LogP contribution in [0, 0.1) is 0 Å². The van der Waals surface area contributed by atoms with Gasteiger partial charge in [0.1, 0.15) is 0 Å². The summed E-state index contributed by atoms with van der Waals surface area (Å²) < 4.78 is 0. The van der Waals surface area contributed by atoms with Gasteiger partial charge >= 0.3 is 0 Å². The van der Waals surface area contributed by atoms with Gasteiger partial charge in [-0.1, -0.05) is 20.8 Å². The molecule has 0 aliphatic heterocycles. The summed E-state index contributed by atoms with van der Waals surface area (Å²) in [5, 5.41) is 3.21. The van der Waals surface area contributed by atoms with Crippen molar-refractivity contribution in [1.29, 1.82) is 0 Å². The first-order valence-corrected chi connectivity index (χ1v) is 5.06. The number of rotatable bonds is 5. The molecule has 1 N–H and O–H groups in total. The molecular formula is C10H26N2. The standard InChI is InChI=1S/C8H20N2.C2H6/c1-5-6-10(4)7-8(2)9-3;1-2/h8-9H,5-7H2,1-4H3;1-2H3. The van der Waals surface area contributed by atoms with E-state index in [0.717, 1.165) is 6.54 Å². The summed E-state index contributed by atoms with van der Waals surface area (Å²) in [5.41, 5.74) is 0. The van der Waals surface area contributed by atoms with Crippen molar-refractivity contribution < 1.29 is 0 Å². The molecule has 0 fully saturated rings. The highest BCUT2D eigenvalue weighted by molar-refractivity contribution is 4.61. The SMILES string of the molecule is CC.CCCN(C)CC(C)NC. The molecule has 0 aromatic heterocycles. The van der Waals surface area contributed by atoms with Gasteiger partial charge in [-0.2, -0.15) is 0 Å². The van der Waals surface area contributed by atoms with Crippen LogP contribution in [0.5, 0.6) is 0 Å². The molecule has 0 rings (SSSR count). The minimum absolute atomic E-state index is 0.608. The van der Waals surface area contributed by atoms with E-state index in [1.54, 1.807) is 0 Å². The maximum Gasteiger partial charge on any atom is 0.0163 e. The Morgan fingerprint density at radius 3 is 2.17 bits per heavy atom. The molecule has 0 radical (unpaired) electrons. The van der Waals surface area contributed by atoms with Crippen LogP contribution in [0.4, 0.5) is 0 Å². The van der Waals surface area contributed by atoms with Crippen LogP contribution < -0.4 is 5.32 Å². The van der Waals surface area contributed by atoms with Gasteiger partial charge in [-0.15, -0.1) is 0 Å². The van der Waals surface area contributed by atoms with E-state index in [4.69, 9.17) is 0 Å². The zero-order valence-corrected chi connectivity index (χ0v) is 9.65. The molecule has 0 amide bonds. The maximum atomic E-state index is 3.21. The predicted octanol–water partition coefficient (Wildman–Crippen LogP) is 1.96. The first-order valence-electron chi connectivity index (χ1n) is 5.06. The molecule has 0 aromatic rings. The topological polar surface area (TPSA) is 15.3 Å². The molecule has 0 aromatic carbocycles. The molecular weight excluding hydrogens is 148 g/mol. The molecule has 0 heterocycles. The van der Waals surface area contributed by atoms with Crippen molar-refractivity contribution in [2.24, 2.45) is 0 Å². The largest absolute Gasteiger partial charge is 0.316 e. The van der Waals surface area contributed by atoms with Gasteiger partial charge < -0.3 is 10.2 Å². The fourth-order valence-corrected chi connectivity index (χ4v) is 1.03. The normalized spacial score (nSPS) is 12.2. The summed E-state index contributed by atoms with van der Waals surface area (Å²) in [4.78, 5) is 2.35. The molecule has 2 nitrogen and oxygen atoms in total. The number of likely N-dealkylation sites (N-methyl/N-ethyl adjacent to an activating group) is 2. The summed E-state index contributed by atoms with van der Waals surface area (Å²) in [7, 11) is 4.17. The fourth-order valence-electron chi connectivity index (χ4n) is 1.03. The summed E-state index contributed by atoms with van der Waals surface area (Å²) in [6, 6.07) is 0.608. The van der Waals surface area contributed by atoms with Crippen molar-refractivity contribution in [2.45, 2.75) is 40.2 Å². The average molecular weight is 174 g/mol. The lowest BCUT2D eigenvalue weighted by molar-refractivity contribution is 0.303. The quantitative estimate of drug-likeness (QED) is 0.685. The highest BCUT2D eigenvalue weighted by atomic mass is 15.1. The van der Waals surface area contributed by atoms with Crippen molar-refractivity contribution >= 4 is 0 Å². The average Bonchev–Trinajstić information content (AvgIpc) is 2.08. The smallest absolute Gasteiger partial charge is 0.0163 e. The molecule has 0 aliphatic carbocycles. The Bertz CT molecular complexity index is 74.2. The van der Waals surface area contributed by atoms with Gasteiger partial charge in [0, 0.05) is 12.6 Å². The van der Waals surface area contributed by atoms with Gasteiger partial charge in [0.15, 0.2) is 0 Å². The van der Waals surface area contributed by atoms with Crippen LogP contribution in [0.3, 0.4) is 0 Å². The molecule has 0 bridgehead atoms. The van der Waals surface area contributed by atoms with Crippen molar-refractivity contribution in [2.75, 3.05) is 27.2 Å². The van der Waals surface area contributed by atoms with Crippen LogP contribution in [0.25, 0.3) is 0 Å². The number of hydrogen-bond acceptors (Lipinski definition) is 2. The molecule has 76 valence electrons. The lowest BCUT2D eigenvalue weighted by atomic mass is 10.3. The van der Waals surface area contributed by atoms with Gasteiger partial charge in [0.25, 0.3) is 0 Å². The number of nitrogens with one attached hydrogen (secondary N) is 1. The molecule has 2 heteroatoms. The van der Waals surface area contributed by atoms with E-state index in [-0.39, 0.29) is 0 Å². The van der Waals surface area contributed by atoms with Gasteiger partial charge in [-0.3, -0.25) is 0 Å². The highest BCUT2D eigenvalue weighted by Crippen LogP contribution is 1.88. The van der Waals surface area contributed by atoms with E-state index in [2.05, 4.69) is 31.1 Å². The van der Waals surface area contributed by atoms with Gasteiger partial charge in [0.05, 0.1) is 0 Å². The Kier molecular flexibility index (Phi) is 13.1. The van der Waals surface area contributed by atoms with Crippen LogP contribution in [0.1, 0.15) is 34.1 Å². The Balaban J connectivity index is 0. The molecule has 0 saturated heterocycles. The van der Waals surface area contributed by atoms with E-state index in [0.29, 0.717) is 6.04 Å². The fraction of sp³-hybridized carbons (Fsp3) is 1.00. The second kappa shape index (κ2) is 10.9. The van der Waals surface area contributed by atoms with Crippen LogP contribution in [-0.4, -0.2) is 38.1 Å². The van der Waals surface area contributed by atoms with Crippen molar-refractivity contribution in [1.82, 2.24) is 10.2 Å². The van der Waals surface area contributed by atoms with Crippen molar-refractivity contribution in [3.05, 3.63) is 0 Å². The van der Waals surface area contributed by atoms with Crippen molar-refractivity contribution in [3.63, 3.8) is 0 Å². The number of hydrogen-bond donors (Lipinski definition) is 1. The molecule has 0 aliphatic rings. The van der Waals surface area contributed by atoms with Crippen LogP contribution >= 0.6 is 0 Å². The Morgan fingerprint density at radius 1 is 1.33 bits per heavy atom. The van der Waals surface area contributed by atoms with E-state index < -0.39 is 0 Å². The third-order valence-corrected chi connectivity index (χ3v) is 1.68. The molecule has 1 unspecified atom stereocenters. The Morgan fingerprint density at radius 2 is 1.83 bits per heavy atom. The van der Waals surface area contributed by atoms with Gasteiger partial charge in [-0.25, -0.2) is 0 Å². The first-order chi connectivity index (χ1) is 5.70. The minimum Gasteiger partial charge on any atom is -0.316 e. The third-order valence-electron chi connectivity index (χ3n) is 1.68. The lowest BCUT2D eigenvalue weighted by Gasteiger charge is -2.19.